The molecule has 55 heavy (non-hydrogen) atoms. The number of carbonyl (C=O) groups is 1. The molecule has 3 heterocycles. The van der Waals surface area contributed by atoms with E-state index in [1.165, 1.54) is 16.8 Å². The summed E-state index contributed by atoms with van der Waals surface area (Å²) >= 11 is 0. The van der Waals surface area contributed by atoms with E-state index in [1.54, 1.807) is 30.3 Å². The lowest BCUT2D eigenvalue weighted by Gasteiger charge is -2.51. The minimum atomic E-state index is -3.13. The first-order valence-corrected chi connectivity index (χ1v) is 23.0. The summed E-state index contributed by atoms with van der Waals surface area (Å²) in [6, 6.07) is 26.5. The van der Waals surface area contributed by atoms with Gasteiger partial charge >= 0.3 is 22.8 Å². The lowest BCUT2D eigenvalue weighted by atomic mass is 10.1. The molecule has 0 unspecified atom stereocenters. The van der Waals surface area contributed by atoms with Gasteiger partial charge in [-0.3, -0.25) is 14.2 Å². The van der Waals surface area contributed by atoms with Gasteiger partial charge in [0, 0.05) is 17.8 Å². The van der Waals surface area contributed by atoms with Crippen LogP contribution in [0.5, 0.6) is 0 Å². The number of ether oxygens (including phenoxy) is 2. The van der Waals surface area contributed by atoms with Gasteiger partial charge in [0.15, 0.2) is 6.23 Å². The van der Waals surface area contributed by atoms with E-state index in [0.29, 0.717) is 10.3 Å². The van der Waals surface area contributed by atoms with Crippen LogP contribution in [0.3, 0.4) is 0 Å². The monoisotopic (exact) mass is 784 g/mol. The van der Waals surface area contributed by atoms with Crippen LogP contribution < -0.4 is 11.2 Å². The van der Waals surface area contributed by atoms with Gasteiger partial charge < -0.3 is 22.4 Å². The van der Waals surface area contributed by atoms with Crippen LogP contribution in [0.4, 0.5) is 11.4 Å². The van der Waals surface area contributed by atoms with E-state index in [2.05, 4.69) is 65.6 Å². The Morgan fingerprint density at radius 3 is 1.91 bits per heavy atom. The maximum atomic E-state index is 14.2. The predicted octanol–water partition coefficient (Wildman–Crippen LogP) is 8.55. The number of hydrogen-bond acceptors (Lipinski definition) is 10. The standard InChI is InChI=1S/C41H52N4O8Si2/c1-27(2)54(28(3)4)50-26-35-37(52-55(53-54,29(5)6)30(7)8)38(49-25-31-19-21-34(22-20-31)43-42-33-17-13-10-14-18-33)40(51-35)44-24-23-36(46)45(41(44)48)39(47)32-15-11-9-12-16-32/h9-24,27-30,35,37-38,40H,25-26H2,1-8H3/t35-,37-,38-,40-/m1/s1. The van der Waals surface area contributed by atoms with Gasteiger partial charge in [0.2, 0.25) is 0 Å². The van der Waals surface area contributed by atoms with Crippen molar-refractivity contribution in [3.05, 3.63) is 129 Å². The summed E-state index contributed by atoms with van der Waals surface area (Å²) < 4.78 is 37.2. The topological polar surface area (TPSA) is 132 Å². The Morgan fingerprint density at radius 1 is 0.764 bits per heavy atom. The highest BCUT2D eigenvalue weighted by Crippen LogP contribution is 2.48. The maximum absolute atomic E-state index is 14.2. The first-order valence-electron chi connectivity index (χ1n) is 19.1. The van der Waals surface area contributed by atoms with Crippen LogP contribution in [-0.4, -0.2) is 57.1 Å². The third-order valence-corrected chi connectivity index (χ3v) is 20.8. The highest BCUT2D eigenvalue weighted by Gasteiger charge is 2.62. The van der Waals surface area contributed by atoms with E-state index in [4.69, 9.17) is 22.4 Å². The zero-order chi connectivity index (χ0) is 39.5. The van der Waals surface area contributed by atoms with Crippen molar-refractivity contribution in [2.24, 2.45) is 10.2 Å². The number of rotatable bonds is 11. The number of hydrogen-bond donors (Lipinski definition) is 0. The van der Waals surface area contributed by atoms with Gasteiger partial charge in [0.25, 0.3) is 11.5 Å². The molecule has 1 aromatic heterocycles. The molecule has 0 amide bonds. The first kappa shape index (κ1) is 40.5. The summed E-state index contributed by atoms with van der Waals surface area (Å²) in [5, 5.41) is 8.67. The molecule has 3 aromatic carbocycles. The summed E-state index contributed by atoms with van der Waals surface area (Å²) in [7, 11) is -6.04. The Kier molecular flexibility index (Phi) is 12.5. The average molecular weight is 785 g/mol. The van der Waals surface area contributed by atoms with Gasteiger partial charge in [0.05, 0.1) is 24.6 Å². The maximum Gasteiger partial charge on any atom is 0.340 e. The van der Waals surface area contributed by atoms with E-state index in [9.17, 15) is 14.4 Å². The van der Waals surface area contributed by atoms with E-state index in [0.717, 1.165) is 11.3 Å². The quantitative estimate of drug-likeness (QED) is 0.109. The Labute approximate surface area is 324 Å². The number of aromatic nitrogens is 2. The third kappa shape index (κ3) is 8.22. The molecule has 14 heteroatoms. The molecule has 0 saturated carbocycles. The van der Waals surface area contributed by atoms with Crippen molar-refractivity contribution in [3.8, 4) is 0 Å². The van der Waals surface area contributed by atoms with E-state index in [-0.39, 0.29) is 40.9 Å². The molecule has 12 nitrogen and oxygen atoms in total. The van der Waals surface area contributed by atoms with Crippen LogP contribution in [0.15, 0.2) is 117 Å². The zero-order valence-electron chi connectivity index (χ0n) is 32.8. The van der Waals surface area contributed by atoms with Crippen molar-refractivity contribution in [1.82, 2.24) is 9.13 Å². The fourth-order valence-electron chi connectivity index (χ4n) is 7.57. The van der Waals surface area contributed by atoms with Gasteiger partial charge in [0.1, 0.15) is 18.3 Å². The number of benzene rings is 3. The van der Waals surface area contributed by atoms with Crippen LogP contribution in [0.25, 0.3) is 0 Å². The van der Waals surface area contributed by atoms with Crippen LogP contribution >= 0.6 is 0 Å². The summed E-state index contributed by atoms with van der Waals surface area (Å²) in [5.41, 5.74) is 1.19. The number of carbonyl (C=O) groups excluding carboxylic acids is 1. The predicted molar refractivity (Wildman–Crippen MR) is 214 cm³/mol. The summed E-state index contributed by atoms with van der Waals surface area (Å²) in [5.74, 6) is -0.736. The molecule has 0 spiro atoms. The second-order valence-electron chi connectivity index (χ2n) is 15.5. The molecule has 2 aliphatic rings. The van der Waals surface area contributed by atoms with Crippen molar-refractivity contribution < 1.29 is 27.2 Å². The number of nitrogens with zero attached hydrogens (tertiary/aromatic N) is 4. The fraction of sp³-hybridized carbons (Fsp3) is 0.439. The molecule has 4 aromatic rings. The highest BCUT2D eigenvalue weighted by molar-refractivity contribution is 6.84. The van der Waals surface area contributed by atoms with Gasteiger partial charge in [-0.1, -0.05) is 104 Å². The molecule has 2 saturated heterocycles. The summed E-state index contributed by atoms with van der Waals surface area (Å²) in [6.07, 6.45) is -1.92. The number of fused-ring (bicyclic) bond motifs is 1. The van der Waals surface area contributed by atoms with Crippen LogP contribution in [-0.2, 0) is 29.0 Å². The Balaban J connectivity index is 1.40. The second kappa shape index (κ2) is 16.9. The smallest absolute Gasteiger partial charge is 0.340 e. The van der Waals surface area contributed by atoms with E-state index >= 15 is 0 Å². The summed E-state index contributed by atoms with van der Waals surface area (Å²) in [4.78, 5) is 41.0. The molecular weight excluding hydrogens is 733 g/mol. The van der Waals surface area contributed by atoms with Crippen molar-refractivity contribution in [2.45, 2.75) is 109 Å². The molecule has 292 valence electrons. The lowest BCUT2D eigenvalue weighted by Crippen LogP contribution is -2.66. The van der Waals surface area contributed by atoms with Crippen LogP contribution in [0.2, 0.25) is 22.2 Å². The van der Waals surface area contributed by atoms with Crippen LogP contribution in [0, 0.1) is 0 Å². The molecule has 2 fully saturated rings. The fourth-order valence-corrected chi connectivity index (χ4v) is 18.8. The lowest BCUT2D eigenvalue weighted by molar-refractivity contribution is -0.0787. The molecule has 6 rings (SSSR count). The molecular formula is C41H52N4O8Si2. The SMILES string of the molecule is CC(C)[Si]1(C(C)C)OC[C@H]2O[C@@H](n3ccc(=O)n(C(=O)c4ccccc4)c3=O)[C@H](OCc3ccc(N=Nc4ccccc4)cc3)[C@@H]2O[Si](C(C)C)(C(C)C)O1. The van der Waals surface area contributed by atoms with Gasteiger partial charge in [-0.2, -0.15) is 14.8 Å². The molecule has 0 aliphatic carbocycles. The van der Waals surface area contributed by atoms with Crippen molar-refractivity contribution in [3.63, 3.8) is 0 Å². The highest BCUT2D eigenvalue weighted by atomic mass is 28.5. The summed E-state index contributed by atoms with van der Waals surface area (Å²) in [6.45, 7) is 17.4. The van der Waals surface area contributed by atoms with Crippen LogP contribution in [0.1, 0.15) is 77.5 Å². The first-order chi connectivity index (χ1) is 26.3. The zero-order valence-corrected chi connectivity index (χ0v) is 34.8. The Hall–Kier alpha value is -4.16. The third-order valence-electron chi connectivity index (χ3n) is 10.5. The van der Waals surface area contributed by atoms with Gasteiger partial charge in [-0.15, -0.1) is 0 Å². The molecule has 0 radical (unpaired) electrons. The largest absolute Gasteiger partial charge is 0.414 e. The molecule has 0 N–H and O–H groups in total. The Morgan fingerprint density at radius 2 is 1.33 bits per heavy atom. The minimum Gasteiger partial charge on any atom is -0.414 e. The van der Waals surface area contributed by atoms with Gasteiger partial charge in [-0.25, -0.2) is 4.79 Å². The normalized spacial score (nSPS) is 22.3. The molecule has 4 atom stereocenters. The average Bonchev–Trinajstić information content (AvgIpc) is 3.49. The molecule has 0 bridgehead atoms. The van der Waals surface area contributed by atoms with Crippen molar-refractivity contribution in [1.29, 1.82) is 0 Å². The molecule has 2 aliphatic heterocycles. The van der Waals surface area contributed by atoms with Crippen molar-refractivity contribution in [2.75, 3.05) is 6.61 Å². The second-order valence-corrected chi connectivity index (χ2v) is 24.3. The van der Waals surface area contributed by atoms with E-state index in [1.807, 2.05) is 54.6 Å². The van der Waals surface area contributed by atoms with E-state index < -0.39 is 58.8 Å². The van der Waals surface area contributed by atoms with Crippen molar-refractivity contribution >= 4 is 34.4 Å². The van der Waals surface area contributed by atoms with Gasteiger partial charge in [-0.05, 0) is 64.1 Å². The number of azo groups is 1. The Bertz CT molecular complexity index is 2050. The minimum absolute atomic E-state index is 0.0321.